The van der Waals surface area contributed by atoms with Gasteiger partial charge in [-0.1, -0.05) is 11.6 Å². The molecule has 2 aromatic rings. The van der Waals surface area contributed by atoms with E-state index in [-0.39, 0.29) is 28.4 Å². The van der Waals surface area contributed by atoms with E-state index in [2.05, 4.69) is 5.32 Å². The van der Waals surface area contributed by atoms with Crippen molar-refractivity contribution in [3.05, 3.63) is 46.9 Å². The highest BCUT2D eigenvalue weighted by Crippen LogP contribution is 2.33. The van der Waals surface area contributed by atoms with E-state index in [4.69, 9.17) is 26.9 Å². The number of halogens is 1. The van der Waals surface area contributed by atoms with Gasteiger partial charge >= 0.3 is 0 Å². The van der Waals surface area contributed by atoms with Gasteiger partial charge in [0.1, 0.15) is 10.7 Å². The molecule has 0 bridgehead atoms. The number of carbonyl (C=O) groups is 1. The minimum atomic E-state index is -4.10. The van der Waals surface area contributed by atoms with Gasteiger partial charge in [-0.25, -0.2) is 13.6 Å². The molecule has 0 spiro atoms. The topological polar surface area (TPSA) is 149 Å². The van der Waals surface area contributed by atoms with Crippen LogP contribution in [0.2, 0.25) is 5.02 Å². The van der Waals surface area contributed by atoms with Gasteiger partial charge in [-0.2, -0.15) is 0 Å². The number of hydrogen-bond acceptors (Lipinski definition) is 6. The number of aliphatic hydroxyl groups is 1. The molecule has 0 aliphatic carbocycles. The smallest absolute Gasteiger partial charge is 0.239 e. The Hall–Kier alpha value is -2.07. The highest BCUT2D eigenvalue weighted by atomic mass is 35.5. The van der Waals surface area contributed by atoms with E-state index in [1.54, 1.807) is 12.1 Å². The Kier molecular flexibility index (Phi) is 5.50. The van der Waals surface area contributed by atoms with E-state index in [1.807, 2.05) is 0 Å². The third kappa shape index (κ3) is 4.48. The second-order valence-electron chi connectivity index (χ2n) is 5.03. The van der Waals surface area contributed by atoms with Crippen molar-refractivity contribution in [2.45, 2.75) is 24.0 Å². The second-order valence-corrected chi connectivity index (χ2v) is 6.97. The van der Waals surface area contributed by atoms with E-state index < -0.39 is 22.0 Å². The van der Waals surface area contributed by atoms with Crippen LogP contribution in [0.3, 0.4) is 0 Å². The molecule has 1 heterocycles. The number of aliphatic hydroxyl groups excluding tert-OH is 1. The summed E-state index contributed by atoms with van der Waals surface area (Å²) in [6, 6.07) is 5.86. The first-order chi connectivity index (χ1) is 11.2. The minimum absolute atomic E-state index is 0.116. The van der Waals surface area contributed by atoms with Crippen molar-refractivity contribution in [1.82, 2.24) is 0 Å². The lowest BCUT2D eigenvalue weighted by Gasteiger charge is -2.17. The van der Waals surface area contributed by atoms with Gasteiger partial charge in [-0.3, -0.25) is 4.79 Å². The van der Waals surface area contributed by atoms with Crippen molar-refractivity contribution in [3.63, 3.8) is 0 Å². The first-order valence-electron chi connectivity index (χ1n) is 6.77. The average molecular weight is 374 g/mol. The van der Waals surface area contributed by atoms with E-state index >= 15 is 0 Å². The molecule has 1 amide bonds. The lowest BCUT2D eigenvalue weighted by molar-refractivity contribution is -0.119. The van der Waals surface area contributed by atoms with Crippen LogP contribution in [-0.4, -0.2) is 19.4 Å². The Labute approximate surface area is 143 Å². The highest BCUT2D eigenvalue weighted by Gasteiger charge is 2.22. The standard InChI is InChI=1S/C14H16ClN3O5S/c15-10-5-11(18-7-8-2-1-3-23-8)9(12(19)6-14(16)20)4-13(10)24(17,21)22/h1-5,12,18-19H,6-7H2,(H2,16,20)(H2,17,21,22). The summed E-state index contributed by atoms with van der Waals surface area (Å²) in [6.07, 6.45) is -0.211. The molecule has 1 aromatic heterocycles. The maximum Gasteiger partial charge on any atom is 0.239 e. The predicted octanol–water partition coefficient (Wildman–Crippen LogP) is 1.10. The summed E-state index contributed by atoms with van der Waals surface area (Å²) in [6.45, 7) is 0.258. The molecule has 0 fully saturated rings. The fourth-order valence-corrected chi connectivity index (χ4v) is 3.22. The molecule has 0 saturated carbocycles. The van der Waals surface area contributed by atoms with E-state index in [1.165, 1.54) is 12.3 Å². The van der Waals surface area contributed by atoms with Crippen molar-refractivity contribution in [2.24, 2.45) is 10.9 Å². The van der Waals surface area contributed by atoms with Crippen molar-refractivity contribution in [3.8, 4) is 0 Å². The molecule has 24 heavy (non-hydrogen) atoms. The van der Waals surface area contributed by atoms with Crippen LogP contribution in [0.25, 0.3) is 0 Å². The number of nitrogens with two attached hydrogens (primary N) is 2. The zero-order valence-corrected chi connectivity index (χ0v) is 14.0. The zero-order valence-electron chi connectivity index (χ0n) is 12.4. The van der Waals surface area contributed by atoms with E-state index in [0.717, 1.165) is 6.07 Å². The molecule has 6 N–H and O–H groups in total. The Bertz CT molecular complexity index is 836. The second kappa shape index (κ2) is 7.22. The molecule has 1 atom stereocenters. The fraction of sp³-hybridized carbons (Fsp3) is 0.214. The van der Waals surface area contributed by atoms with Crippen LogP contribution in [0.5, 0.6) is 0 Å². The number of carbonyl (C=O) groups excluding carboxylic acids is 1. The number of anilines is 1. The van der Waals surface area contributed by atoms with Gasteiger partial charge in [0.25, 0.3) is 0 Å². The molecule has 2 rings (SSSR count). The Morgan fingerprint density at radius 2 is 2.12 bits per heavy atom. The van der Waals surface area contributed by atoms with Crippen LogP contribution in [0, 0.1) is 0 Å². The molecule has 0 aliphatic rings. The number of benzene rings is 1. The maximum absolute atomic E-state index is 11.6. The number of amides is 1. The molecule has 1 aromatic carbocycles. The number of primary amides is 1. The Morgan fingerprint density at radius 1 is 1.42 bits per heavy atom. The fourth-order valence-electron chi connectivity index (χ4n) is 2.11. The van der Waals surface area contributed by atoms with Crippen LogP contribution >= 0.6 is 11.6 Å². The van der Waals surface area contributed by atoms with Gasteiger partial charge in [0, 0.05) is 11.3 Å². The molecule has 0 radical (unpaired) electrons. The number of rotatable bonds is 7. The van der Waals surface area contributed by atoms with Gasteiger partial charge in [0.05, 0.1) is 30.4 Å². The van der Waals surface area contributed by atoms with Crippen LogP contribution in [0.15, 0.2) is 39.8 Å². The molecule has 130 valence electrons. The van der Waals surface area contributed by atoms with Gasteiger partial charge in [-0.05, 0) is 24.3 Å². The van der Waals surface area contributed by atoms with Crippen LogP contribution in [0.4, 0.5) is 5.69 Å². The summed E-state index contributed by atoms with van der Waals surface area (Å²) >= 11 is 5.96. The number of sulfonamides is 1. The number of primary sulfonamides is 1. The van der Waals surface area contributed by atoms with Crippen molar-refractivity contribution >= 4 is 33.2 Å². The van der Waals surface area contributed by atoms with Gasteiger partial charge in [0.15, 0.2) is 0 Å². The summed E-state index contributed by atoms with van der Waals surface area (Å²) in [4.78, 5) is 10.7. The summed E-state index contributed by atoms with van der Waals surface area (Å²) in [7, 11) is -4.10. The number of nitrogens with one attached hydrogen (secondary N) is 1. The first-order valence-corrected chi connectivity index (χ1v) is 8.69. The lowest BCUT2D eigenvalue weighted by atomic mass is 10.0. The van der Waals surface area contributed by atoms with Gasteiger partial charge in [0.2, 0.25) is 15.9 Å². The van der Waals surface area contributed by atoms with Crippen molar-refractivity contribution in [1.29, 1.82) is 0 Å². The number of furan rings is 1. The summed E-state index contributed by atoms with van der Waals surface area (Å²) in [5, 5.41) is 18.1. The van der Waals surface area contributed by atoms with Crippen LogP contribution in [0.1, 0.15) is 23.8 Å². The van der Waals surface area contributed by atoms with Crippen LogP contribution < -0.4 is 16.2 Å². The Balaban J connectivity index is 2.42. The monoisotopic (exact) mass is 373 g/mol. The molecule has 1 unspecified atom stereocenters. The minimum Gasteiger partial charge on any atom is -0.467 e. The summed E-state index contributed by atoms with van der Waals surface area (Å²) < 4.78 is 28.4. The van der Waals surface area contributed by atoms with E-state index in [0.29, 0.717) is 11.4 Å². The molecule has 0 aliphatic heterocycles. The average Bonchev–Trinajstić information content (AvgIpc) is 2.96. The highest BCUT2D eigenvalue weighted by molar-refractivity contribution is 7.89. The largest absolute Gasteiger partial charge is 0.467 e. The number of hydrogen-bond donors (Lipinski definition) is 4. The quantitative estimate of drug-likeness (QED) is 0.571. The first kappa shape index (κ1) is 18.3. The van der Waals surface area contributed by atoms with Gasteiger partial charge < -0.3 is 20.6 Å². The van der Waals surface area contributed by atoms with Crippen molar-refractivity contribution in [2.75, 3.05) is 5.32 Å². The maximum atomic E-state index is 11.6. The normalized spacial score (nSPS) is 12.8. The third-order valence-electron chi connectivity index (χ3n) is 3.20. The summed E-state index contributed by atoms with van der Waals surface area (Å²) in [5.41, 5.74) is 5.55. The molecule has 8 nitrogen and oxygen atoms in total. The molecule has 0 saturated heterocycles. The van der Waals surface area contributed by atoms with E-state index in [9.17, 15) is 18.3 Å². The van der Waals surface area contributed by atoms with Crippen LogP contribution in [-0.2, 0) is 21.4 Å². The predicted molar refractivity (Wildman–Crippen MR) is 87.6 cm³/mol. The molecule has 10 heteroatoms. The zero-order chi connectivity index (χ0) is 17.9. The van der Waals surface area contributed by atoms with Crippen molar-refractivity contribution < 1.29 is 22.7 Å². The SMILES string of the molecule is NC(=O)CC(O)c1cc(S(N)(=O)=O)c(Cl)cc1NCc1ccco1. The lowest BCUT2D eigenvalue weighted by Crippen LogP contribution is -2.18. The van der Waals surface area contributed by atoms with Gasteiger partial charge in [-0.15, -0.1) is 0 Å². The third-order valence-corrected chi connectivity index (χ3v) is 4.57. The summed E-state index contributed by atoms with van der Waals surface area (Å²) in [5.74, 6) is -0.136. The molecular weight excluding hydrogens is 358 g/mol. The Morgan fingerprint density at radius 3 is 2.67 bits per heavy atom. The molecular formula is C14H16ClN3O5S.